The Morgan fingerprint density at radius 3 is 1.70 bits per heavy atom. The highest BCUT2D eigenvalue weighted by Crippen LogP contribution is 2.15. The highest BCUT2D eigenvalue weighted by molar-refractivity contribution is 5.97. The van der Waals surface area contributed by atoms with Gasteiger partial charge in [0, 0.05) is 11.1 Å². The van der Waals surface area contributed by atoms with Crippen molar-refractivity contribution in [2.75, 3.05) is 0 Å². The third kappa shape index (κ3) is 3.38. The average molecular weight is 140 g/mol. The first-order valence-electron chi connectivity index (χ1n) is 3.45. The maximum absolute atomic E-state index is 7.12. The van der Waals surface area contributed by atoms with Crippen molar-refractivity contribution >= 4 is 11.5 Å². The summed E-state index contributed by atoms with van der Waals surface area (Å²) in [6, 6.07) is 0. The Morgan fingerprint density at radius 1 is 1.20 bits per heavy atom. The number of amidine groups is 1. The monoisotopic (exact) mass is 140 g/mol. The van der Waals surface area contributed by atoms with Crippen molar-refractivity contribution in [1.82, 2.24) is 0 Å². The van der Waals surface area contributed by atoms with Crippen LogP contribution in [0.5, 0.6) is 0 Å². The Labute approximate surface area is 62.9 Å². The lowest BCUT2D eigenvalue weighted by molar-refractivity contribution is 0.588. The smallest absolute Gasteiger partial charge is 0.117 e. The van der Waals surface area contributed by atoms with Crippen molar-refractivity contribution in [3.8, 4) is 0 Å². The second-order valence-electron chi connectivity index (χ2n) is 3.53. The molecule has 0 saturated carbocycles. The van der Waals surface area contributed by atoms with Crippen LogP contribution in [0, 0.1) is 10.8 Å². The molecule has 2 nitrogen and oxygen atoms in total. The summed E-state index contributed by atoms with van der Waals surface area (Å²) in [5, 5.41) is 7.12. The summed E-state index contributed by atoms with van der Waals surface area (Å²) in [4.78, 5) is 4.05. The predicted octanol–water partition coefficient (Wildman–Crippen LogP) is 2.49. The zero-order chi connectivity index (χ0) is 8.36. The van der Waals surface area contributed by atoms with E-state index in [1.165, 1.54) is 0 Å². The fraction of sp³-hybridized carbons (Fsp3) is 0.750. The van der Waals surface area contributed by atoms with E-state index in [2.05, 4.69) is 25.8 Å². The quantitative estimate of drug-likeness (QED) is 0.396. The van der Waals surface area contributed by atoms with Crippen molar-refractivity contribution in [2.45, 2.75) is 34.6 Å². The summed E-state index contributed by atoms with van der Waals surface area (Å²) >= 11 is 0. The number of nitrogens with one attached hydrogen (secondary N) is 1. The largest absolute Gasteiger partial charge is 0.287 e. The van der Waals surface area contributed by atoms with Crippen LogP contribution < -0.4 is 0 Å². The Morgan fingerprint density at radius 2 is 1.60 bits per heavy atom. The fourth-order valence-corrected chi connectivity index (χ4v) is 0.419. The SMILES string of the molecule is CC(=N)N=C(C)C(C)(C)C. The van der Waals surface area contributed by atoms with Gasteiger partial charge in [-0.1, -0.05) is 20.8 Å². The Hall–Kier alpha value is -0.660. The molecule has 0 aromatic rings. The molecule has 58 valence electrons. The van der Waals surface area contributed by atoms with Gasteiger partial charge in [0.1, 0.15) is 5.84 Å². The summed E-state index contributed by atoms with van der Waals surface area (Å²) in [6.07, 6.45) is 0. The zero-order valence-electron chi connectivity index (χ0n) is 7.45. The third-order valence-corrected chi connectivity index (χ3v) is 1.42. The molecule has 0 aliphatic rings. The van der Waals surface area contributed by atoms with E-state index in [1.807, 2.05) is 6.92 Å². The zero-order valence-corrected chi connectivity index (χ0v) is 7.45. The second kappa shape index (κ2) is 2.95. The van der Waals surface area contributed by atoms with Crippen molar-refractivity contribution in [3.63, 3.8) is 0 Å². The molecule has 10 heavy (non-hydrogen) atoms. The minimum atomic E-state index is 0.0995. The Bertz CT molecular complexity index is 161. The molecule has 1 N–H and O–H groups in total. The lowest BCUT2D eigenvalue weighted by Gasteiger charge is -2.17. The van der Waals surface area contributed by atoms with Gasteiger partial charge in [0.15, 0.2) is 0 Å². The maximum Gasteiger partial charge on any atom is 0.117 e. The first-order valence-corrected chi connectivity index (χ1v) is 3.45. The van der Waals surface area contributed by atoms with Crippen LogP contribution in [0.25, 0.3) is 0 Å². The number of aliphatic imine (C=N–C) groups is 1. The summed E-state index contributed by atoms with van der Waals surface area (Å²) in [7, 11) is 0. The molecular weight excluding hydrogens is 124 g/mol. The molecule has 2 heteroatoms. The number of hydrogen-bond donors (Lipinski definition) is 1. The molecule has 0 amide bonds. The van der Waals surface area contributed by atoms with Crippen LogP contribution in [-0.4, -0.2) is 11.5 Å². The van der Waals surface area contributed by atoms with Crippen LogP contribution in [0.2, 0.25) is 0 Å². The summed E-state index contributed by atoms with van der Waals surface area (Å²) in [5.41, 5.74) is 1.11. The van der Waals surface area contributed by atoms with Gasteiger partial charge < -0.3 is 0 Å². The van der Waals surface area contributed by atoms with Gasteiger partial charge in [0.05, 0.1) is 0 Å². The number of nitrogens with zero attached hydrogens (tertiary/aromatic N) is 1. The molecule has 0 radical (unpaired) electrons. The number of rotatable bonds is 0. The molecule has 0 aromatic heterocycles. The topological polar surface area (TPSA) is 36.2 Å². The van der Waals surface area contributed by atoms with Gasteiger partial charge in [-0.05, 0) is 13.8 Å². The lowest BCUT2D eigenvalue weighted by atomic mass is 9.91. The van der Waals surface area contributed by atoms with Crippen LogP contribution in [-0.2, 0) is 0 Å². The molecule has 0 aliphatic carbocycles. The van der Waals surface area contributed by atoms with E-state index in [1.54, 1.807) is 6.92 Å². The van der Waals surface area contributed by atoms with Crippen LogP contribution in [0.4, 0.5) is 0 Å². The highest BCUT2D eigenvalue weighted by atomic mass is 14.8. The summed E-state index contributed by atoms with van der Waals surface area (Å²) < 4.78 is 0. The summed E-state index contributed by atoms with van der Waals surface area (Å²) in [5.74, 6) is 0.382. The van der Waals surface area contributed by atoms with E-state index in [9.17, 15) is 0 Å². The molecule has 0 heterocycles. The normalized spacial score (nSPS) is 13.5. The molecule has 0 saturated heterocycles. The van der Waals surface area contributed by atoms with Crippen molar-refractivity contribution in [2.24, 2.45) is 10.4 Å². The average Bonchev–Trinajstić information content (AvgIpc) is 1.60. The Balaban J connectivity index is 4.35. The van der Waals surface area contributed by atoms with E-state index >= 15 is 0 Å². The minimum absolute atomic E-state index is 0.0995. The molecule has 0 unspecified atom stereocenters. The lowest BCUT2D eigenvalue weighted by Crippen LogP contribution is -2.17. The molecule has 0 bridgehead atoms. The number of hydrogen-bond acceptors (Lipinski definition) is 1. The van der Waals surface area contributed by atoms with Gasteiger partial charge >= 0.3 is 0 Å². The van der Waals surface area contributed by atoms with Gasteiger partial charge in [0.25, 0.3) is 0 Å². The van der Waals surface area contributed by atoms with Crippen LogP contribution in [0.3, 0.4) is 0 Å². The van der Waals surface area contributed by atoms with Crippen LogP contribution in [0.15, 0.2) is 4.99 Å². The fourth-order valence-electron chi connectivity index (χ4n) is 0.419. The molecule has 0 atom stereocenters. The molecule has 0 fully saturated rings. The van der Waals surface area contributed by atoms with Crippen molar-refractivity contribution in [1.29, 1.82) is 5.41 Å². The Kier molecular flexibility index (Phi) is 2.76. The van der Waals surface area contributed by atoms with E-state index in [4.69, 9.17) is 5.41 Å². The first-order chi connectivity index (χ1) is 4.34. The van der Waals surface area contributed by atoms with E-state index in [-0.39, 0.29) is 5.41 Å². The van der Waals surface area contributed by atoms with E-state index in [0.717, 1.165) is 5.71 Å². The highest BCUT2D eigenvalue weighted by Gasteiger charge is 2.13. The van der Waals surface area contributed by atoms with Crippen LogP contribution in [0.1, 0.15) is 34.6 Å². The predicted molar refractivity (Wildman–Crippen MR) is 46.0 cm³/mol. The minimum Gasteiger partial charge on any atom is -0.287 e. The standard InChI is InChI=1S/C8H16N2/c1-6(8(3,4)5)10-7(2)9/h9H,1-5H3. The van der Waals surface area contributed by atoms with Gasteiger partial charge in [-0.25, -0.2) is 4.99 Å². The van der Waals surface area contributed by atoms with Gasteiger partial charge in [0.2, 0.25) is 0 Å². The van der Waals surface area contributed by atoms with Crippen molar-refractivity contribution in [3.05, 3.63) is 0 Å². The van der Waals surface area contributed by atoms with Gasteiger partial charge in [-0.15, -0.1) is 0 Å². The molecule has 0 spiro atoms. The van der Waals surface area contributed by atoms with Gasteiger partial charge in [-0.3, -0.25) is 5.41 Å². The van der Waals surface area contributed by atoms with Gasteiger partial charge in [-0.2, -0.15) is 0 Å². The molecule has 0 aromatic carbocycles. The summed E-state index contributed by atoms with van der Waals surface area (Å²) in [6.45, 7) is 9.92. The molecular formula is C8H16N2. The van der Waals surface area contributed by atoms with E-state index in [0.29, 0.717) is 5.84 Å². The second-order valence-corrected chi connectivity index (χ2v) is 3.53. The molecule has 0 aliphatic heterocycles. The third-order valence-electron chi connectivity index (χ3n) is 1.42. The maximum atomic E-state index is 7.12. The first kappa shape index (κ1) is 9.34. The van der Waals surface area contributed by atoms with Crippen LogP contribution >= 0.6 is 0 Å². The molecule has 0 rings (SSSR count). The van der Waals surface area contributed by atoms with E-state index < -0.39 is 0 Å². The van der Waals surface area contributed by atoms with Crippen molar-refractivity contribution < 1.29 is 0 Å².